The average Bonchev–Trinajstić information content (AvgIpc) is 3.33. The van der Waals surface area contributed by atoms with Crippen LogP contribution in [0.2, 0.25) is 0 Å². The second-order valence-corrected chi connectivity index (χ2v) is 6.76. The lowest BCUT2D eigenvalue weighted by Gasteiger charge is -2.12. The first kappa shape index (κ1) is 19.5. The average molecular weight is 439 g/mol. The number of para-hydroxylation sites is 1. The number of nitrogens with zero attached hydrogens (tertiary/aromatic N) is 8. The Labute approximate surface area is 176 Å². The van der Waals surface area contributed by atoms with E-state index < -0.39 is 17.3 Å². The molecule has 0 unspecified atom stereocenters. The molecule has 0 saturated heterocycles. The zero-order chi connectivity index (χ0) is 22.5. The van der Waals surface area contributed by atoms with Crippen LogP contribution >= 0.6 is 0 Å². The molecule has 5 aromatic rings. The smallest absolute Gasteiger partial charge is 0.318 e. The third-order valence-corrected chi connectivity index (χ3v) is 4.60. The maximum Gasteiger partial charge on any atom is 0.418 e. The highest BCUT2D eigenvalue weighted by atomic mass is 19.4. The lowest BCUT2D eigenvalue weighted by atomic mass is 10.1. The van der Waals surface area contributed by atoms with Crippen molar-refractivity contribution in [3.63, 3.8) is 0 Å². The molecule has 0 atom stereocenters. The highest BCUT2D eigenvalue weighted by Gasteiger charge is 2.34. The van der Waals surface area contributed by atoms with E-state index in [9.17, 15) is 18.0 Å². The molecule has 0 bridgehead atoms. The van der Waals surface area contributed by atoms with Crippen molar-refractivity contribution in [2.45, 2.75) is 6.18 Å². The first-order chi connectivity index (χ1) is 15.3. The molecule has 10 nitrogen and oxygen atoms in total. The molecular formula is C19H12F3N9O. The Kier molecular flexibility index (Phi) is 4.32. The Balaban J connectivity index is 1.83. The Bertz CT molecular complexity index is 1540. The minimum atomic E-state index is -4.65. The van der Waals surface area contributed by atoms with Crippen molar-refractivity contribution in [3.05, 3.63) is 65.1 Å². The number of hydrogen-bond donors (Lipinski definition) is 1. The number of benzene rings is 1. The van der Waals surface area contributed by atoms with Crippen LogP contribution in [0.4, 0.5) is 24.8 Å². The number of fused-ring (bicyclic) bond motifs is 3. The van der Waals surface area contributed by atoms with E-state index in [1.165, 1.54) is 41.4 Å². The van der Waals surface area contributed by atoms with Crippen LogP contribution in [0.1, 0.15) is 5.56 Å². The van der Waals surface area contributed by atoms with Gasteiger partial charge in [0.2, 0.25) is 5.95 Å². The molecule has 4 heterocycles. The fourth-order valence-electron chi connectivity index (χ4n) is 3.19. The number of halogens is 3. The summed E-state index contributed by atoms with van der Waals surface area (Å²) < 4.78 is 43.8. The quantitative estimate of drug-likeness (QED) is 0.456. The zero-order valence-electron chi connectivity index (χ0n) is 16.2. The third-order valence-electron chi connectivity index (χ3n) is 4.60. The van der Waals surface area contributed by atoms with Crippen molar-refractivity contribution in [1.29, 1.82) is 0 Å². The minimum absolute atomic E-state index is 0.0916. The number of alkyl halides is 3. The van der Waals surface area contributed by atoms with Gasteiger partial charge in [-0.25, -0.2) is 15.0 Å². The summed E-state index contributed by atoms with van der Waals surface area (Å²) in [5.41, 5.74) is -1.37. The SMILES string of the molecule is Cn1cc(-c2nc3c4cccc(C(F)(F)F)c4nc(Nc4cnccnc4=O)n3n2)cn1. The van der Waals surface area contributed by atoms with Gasteiger partial charge in [-0.05, 0) is 12.1 Å². The molecule has 13 heteroatoms. The molecule has 1 aromatic carbocycles. The summed E-state index contributed by atoms with van der Waals surface area (Å²) in [5.74, 6) is 0.0730. The standard InChI is InChI=1S/C19H12F3N9O/c1-30-9-10(7-25-30)15-28-16-11-3-2-4-12(19(20,21)22)14(11)27-18(31(16)29-15)26-13-8-23-5-6-24-17(13)32/h2-9H,1H3,(H,24,26,27,32). The lowest BCUT2D eigenvalue weighted by molar-refractivity contribution is -0.136. The fourth-order valence-corrected chi connectivity index (χ4v) is 3.19. The van der Waals surface area contributed by atoms with Crippen LogP contribution in [0.5, 0.6) is 0 Å². The van der Waals surface area contributed by atoms with Crippen molar-refractivity contribution in [2.75, 3.05) is 5.32 Å². The Hall–Kier alpha value is -4.42. The number of nitrogens with one attached hydrogen (secondary N) is 1. The first-order valence-corrected chi connectivity index (χ1v) is 9.14. The third kappa shape index (κ3) is 3.29. The second-order valence-electron chi connectivity index (χ2n) is 6.76. The highest BCUT2D eigenvalue weighted by molar-refractivity contribution is 5.95. The molecule has 4 aromatic heterocycles. The number of rotatable bonds is 3. The Morgan fingerprint density at radius 2 is 1.94 bits per heavy atom. The predicted molar refractivity (Wildman–Crippen MR) is 107 cm³/mol. The van der Waals surface area contributed by atoms with E-state index in [-0.39, 0.29) is 34.0 Å². The maximum atomic E-state index is 13.7. The summed E-state index contributed by atoms with van der Waals surface area (Å²) in [6.45, 7) is 0. The molecular weight excluding hydrogens is 427 g/mol. The Morgan fingerprint density at radius 1 is 1.09 bits per heavy atom. The van der Waals surface area contributed by atoms with Gasteiger partial charge in [-0.3, -0.25) is 14.5 Å². The van der Waals surface area contributed by atoms with Crippen molar-refractivity contribution in [3.8, 4) is 11.4 Å². The van der Waals surface area contributed by atoms with Crippen molar-refractivity contribution >= 4 is 28.2 Å². The van der Waals surface area contributed by atoms with Gasteiger partial charge in [-0.1, -0.05) is 6.07 Å². The lowest BCUT2D eigenvalue weighted by Crippen LogP contribution is -2.13. The van der Waals surface area contributed by atoms with Gasteiger partial charge < -0.3 is 5.32 Å². The summed E-state index contributed by atoms with van der Waals surface area (Å²) >= 11 is 0. The van der Waals surface area contributed by atoms with E-state index in [0.29, 0.717) is 5.56 Å². The number of hydrogen-bond acceptors (Lipinski definition) is 8. The molecule has 0 spiro atoms. The first-order valence-electron chi connectivity index (χ1n) is 9.14. The summed E-state index contributed by atoms with van der Waals surface area (Å²) in [6, 6.07) is 3.68. The van der Waals surface area contributed by atoms with Gasteiger partial charge in [0.15, 0.2) is 11.5 Å². The van der Waals surface area contributed by atoms with Crippen molar-refractivity contribution in [2.24, 2.45) is 7.05 Å². The molecule has 5 rings (SSSR count). The van der Waals surface area contributed by atoms with Crippen LogP contribution in [-0.2, 0) is 13.2 Å². The van der Waals surface area contributed by atoms with Gasteiger partial charge in [0.05, 0.1) is 29.0 Å². The number of aromatic nitrogens is 8. The molecule has 32 heavy (non-hydrogen) atoms. The molecule has 0 saturated carbocycles. The van der Waals surface area contributed by atoms with E-state index >= 15 is 0 Å². The van der Waals surface area contributed by atoms with E-state index in [1.807, 2.05) is 0 Å². The van der Waals surface area contributed by atoms with E-state index in [2.05, 4.69) is 35.5 Å². The summed E-state index contributed by atoms with van der Waals surface area (Å²) in [4.78, 5) is 28.3. The van der Waals surface area contributed by atoms with Crippen LogP contribution in [0.15, 0.2) is 54.0 Å². The van der Waals surface area contributed by atoms with Gasteiger partial charge >= 0.3 is 6.18 Å². The molecule has 0 aliphatic rings. The second kappa shape index (κ2) is 7.08. The van der Waals surface area contributed by atoms with Gasteiger partial charge in [-0.2, -0.15) is 22.8 Å². The topological polar surface area (TPSA) is 116 Å². The molecule has 0 aliphatic carbocycles. The largest absolute Gasteiger partial charge is 0.418 e. The molecule has 0 fully saturated rings. The van der Waals surface area contributed by atoms with Gasteiger partial charge in [0, 0.05) is 31.0 Å². The van der Waals surface area contributed by atoms with Crippen LogP contribution in [0.3, 0.4) is 0 Å². The van der Waals surface area contributed by atoms with Crippen LogP contribution in [0.25, 0.3) is 27.9 Å². The zero-order valence-corrected chi connectivity index (χ0v) is 16.2. The summed E-state index contributed by atoms with van der Waals surface area (Å²) in [7, 11) is 1.71. The van der Waals surface area contributed by atoms with E-state index in [4.69, 9.17) is 0 Å². The van der Waals surface area contributed by atoms with Crippen LogP contribution in [0, 0.1) is 0 Å². The molecule has 0 amide bonds. The van der Waals surface area contributed by atoms with Gasteiger partial charge in [-0.15, -0.1) is 5.10 Å². The minimum Gasteiger partial charge on any atom is -0.318 e. The Morgan fingerprint density at radius 3 is 2.69 bits per heavy atom. The van der Waals surface area contributed by atoms with Gasteiger partial charge in [0.25, 0.3) is 5.56 Å². The highest BCUT2D eigenvalue weighted by Crippen LogP contribution is 2.36. The van der Waals surface area contributed by atoms with Crippen LogP contribution in [-0.4, -0.2) is 39.3 Å². The number of anilines is 2. The normalized spacial score (nSPS) is 11.9. The summed E-state index contributed by atoms with van der Waals surface area (Å²) in [6.07, 6.45) is 2.24. The maximum absolute atomic E-state index is 13.7. The van der Waals surface area contributed by atoms with Gasteiger partial charge in [0.1, 0.15) is 5.69 Å². The monoisotopic (exact) mass is 439 g/mol. The van der Waals surface area contributed by atoms with E-state index in [0.717, 1.165) is 6.07 Å². The van der Waals surface area contributed by atoms with E-state index in [1.54, 1.807) is 17.9 Å². The van der Waals surface area contributed by atoms with Crippen LogP contribution < -0.4 is 10.9 Å². The summed E-state index contributed by atoms with van der Waals surface area (Å²) in [5, 5.41) is 11.3. The van der Waals surface area contributed by atoms with Crippen molar-refractivity contribution in [1.82, 2.24) is 39.3 Å². The van der Waals surface area contributed by atoms with Crippen molar-refractivity contribution < 1.29 is 13.2 Å². The predicted octanol–water partition coefficient (Wildman–Crippen LogP) is 2.59. The molecule has 1 N–H and O–H groups in total. The molecule has 0 radical (unpaired) electrons. The fraction of sp³-hybridized carbons (Fsp3) is 0.105. The molecule has 0 aliphatic heterocycles. The molecule has 160 valence electrons. The number of aryl methyl sites for hydroxylation is 1.